The zero-order valence-corrected chi connectivity index (χ0v) is 18.2. The predicted molar refractivity (Wildman–Crippen MR) is 116 cm³/mol. The van der Waals surface area contributed by atoms with Crippen LogP contribution in [0, 0.1) is 0 Å². The van der Waals surface area contributed by atoms with Gasteiger partial charge in [-0.3, -0.25) is 9.59 Å². The Labute approximate surface area is 185 Å². The molecule has 158 valence electrons. The first-order valence-electron chi connectivity index (χ1n) is 9.39. The summed E-state index contributed by atoms with van der Waals surface area (Å²) in [7, 11) is 3.87. The zero-order valence-electron chi connectivity index (χ0n) is 16.6. The number of aliphatic hydroxyl groups excluding tert-OH is 1. The van der Waals surface area contributed by atoms with E-state index in [1.165, 1.54) is 23.3 Å². The van der Waals surface area contributed by atoms with E-state index in [0.29, 0.717) is 34.3 Å². The van der Waals surface area contributed by atoms with Crippen LogP contribution in [-0.4, -0.2) is 53.8 Å². The molecule has 3 rings (SSSR count). The first-order valence-corrected chi connectivity index (χ1v) is 10.1. The lowest BCUT2D eigenvalue weighted by Crippen LogP contribution is -2.33. The molecule has 0 spiro atoms. The predicted octanol–water partition coefficient (Wildman–Crippen LogP) is 4.52. The molecule has 0 radical (unpaired) electrons. The SMILES string of the molecule is CN(C)CCCN1C(=O)C(O)=C(C(=O)/C=C/c2ccco2)C1c1ccc(Cl)c(Cl)c1. The van der Waals surface area contributed by atoms with Gasteiger partial charge in [0.25, 0.3) is 5.91 Å². The van der Waals surface area contributed by atoms with E-state index < -0.39 is 23.5 Å². The third-order valence-electron chi connectivity index (χ3n) is 4.78. The van der Waals surface area contributed by atoms with Crippen LogP contribution < -0.4 is 0 Å². The summed E-state index contributed by atoms with van der Waals surface area (Å²) in [5.74, 6) is -1.13. The molecule has 1 unspecified atom stereocenters. The molecular formula is C22H22Cl2N2O4. The largest absolute Gasteiger partial charge is 0.503 e. The summed E-state index contributed by atoms with van der Waals surface area (Å²) in [4.78, 5) is 29.3. The summed E-state index contributed by atoms with van der Waals surface area (Å²) in [6.07, 6.45) is 4.94. The summed E-state index contributed by atoms with van der Waals surface area (Å²) < 4.78 is 5.20. The van der Waals surface area contributed by atoms with Crippen molar-refractivity contribution in [3.05, 3.63) is 75.4 Å². The fraction of sp³-hybridized carbons (Fsp3) is 0.273. The van der Waals surface area contributed by atoms with Crippen molar-refractivity contribution in [3.8, 4) is 0 Å². The van der Waals surface area contributed by atoms with Crippen LogP contribution in [0.3, 0.4) is 0 Å². The number of halogens is 2. The minimum atomic E-state index is -0.761. The molecule has 6 nitrogen and oxygen atoms in total. The first-order chi connectivity index (χ1) is 14.3. The maximum absolute atomic E-state index is 13.0. The van der Waals surface area contributed by atoms with Crippen molar-refractivity contribution < 1.29 is 19.1 Å². The standard InChI is InChI=1S/C22H22Cl2N2O4/c1-25(2)10-4-11-26-20(14-6-8-16(23)17(24)13-14)19(21(28)22(26)29)18(27)9-7-15-5-3-12-30-15/h3,5-9,12-13,20,28H,4,10-11H2,1-2H3/b9-7+. The van der Waals surface area contributed by atoms with Gasteiger partial charge in [-0.05, 0) is 69.0 Å². The highest BCUT2D eigenvalue weighted by Gasteiger charge is 2.42. The van der Waals surface area contributed by atoms with Gasteiger partial charge < -0.3 is 19.3 Å². The monoisotopic (exact) mass is 448 g/mol. The first kappa shape index (κ1) is 22.2. The molecule has 1 aliphatic rings. The number of benzene rings is 1. The number of furan rings is 1. The minimum absolute atomic E-state index is 0.00560. The van der Waals surface area contributed by atoms with Gasteiger partial charge >= 0.3 is 0 Å². The number of amides is 1. The second-order valence-corrected chi connectivity index (χ2v) is 8.02. The fourth-order valence-electron chi connectivity index (χ4n) is 3.36. The Kier molecular flexibility index (Phi) is 7.02. The number of carbonyl (C=O) groups is 2. The highest BCUT2D eigenvalue weighted by Crippen LogP contribution is 2.39. The number of hydrogen-bond acceptors (Lipinski definition) is 5. The Hall–Kier alpha value is -2.54. The molecule has 1 amide bonds. The van der Waals surface area contributed by atoms with Gasteiger partial charge in [0.2, 0.25) is 0 Å². The number of rotatable bonds is 8. The van der Waals surface area contributed by atoms with E-state index in [2.05, 4.69) is 0 Å². The Bertz CT molecular complexity index is 997. The van der Waals surface area contributed by atoms with Crippen molar-refractivity contribution in [3.63, 3.8) is 0 Å². The molecule has 2 aromatic rings. The van der Waals surface area contributed by atoms with Crippen LogP contribution in [0.2, 0.25) is 10.0 Å². The van der Waals surface area contributed by atoms with Gasteiger partial charge in [-0.15, -0.1) is 0 Å². The maximum Gasteiger partial charge on any atom is 0.290 e. The van der Waals surface area contributed by atoms with Crippen LogP contribution in [-0.2, 0) is 9.59 Å². The quantitative estimate of drug-likeness (QED) is 0.600. The number of aliphatic hydroxyl groups is 1. The van der Waals surface area contributed by atoms with Crippen LogP contribution >= 0.6 is 23.2 Å². The number of nitrogens with zero attached hydrogens (tertiary/aromatic N) is 2. The summed E-state index contributed by atoms with van der Waals surface area (Å²) in [5, 5.41) is 11.2. The van der Waals surface area contributed by atoms with E-state index in [4.69, 9.17) is 27.6 Å². The Morgan fingerprint density at radius 2 is 2.03 bits per heavy atom. The summed E-state index contributed by atoms with van der Waals surface area (Å²) in [6, 6.07) is 7.56. The second kappa shape index (κ2) is 9.51. The molecule has 0 saturated carbocycles. The van der Waals surface area contributed by atoms with E-state index >= 15 is 0 Å². The Morgan fingerprint density at radius 1 is 1.27 bits per heavy atom. The van der Waals surface area contributed by atoms with Gasteiger partial charge in [0.1, 0.15) is 5.76 Å². The summed E-state index contributed by atoms with van der Waals surface area (Å²) >= 11 is 12.2. The molecule has 1 aromatic carbocycles. The van der Waals surface area contributed by atoms with Crippen LogP contribution in [0.4, 0.5) is 0 Å². The van der Waals surface area contributed by atoms with Crippen molar-refractivity contribution in [2.24, 2.45) is 0 Å². The maximum atomic E-state index is 13.0. The number of carbonyl (C=O) groups excluding carboxylic acids is 2. The lowest BCUT2D eigenvalue weighted by molar-refractivity contribution is -0.129. The van der Waals surface area contributed by atoms with Crippen molar-refractivity contribution in [2.75, 3.05) is 27.2 Å². The van der Waals surface area contributed by atoms with E-state index in [-0.39, 0.29) is 5.57 Å². The second-order valence-electron chi connectivity index (χ2n) is 7.21. The molecule has 1 atom stereocenters. The molecule has 2 heterocycles. The normalized spacial score (nSPS) is 17.0. The zero-order chi connectivity index (χ0) is 21.8. The molecule has 0 saturated heterocycles. The molecule has 0 fully saturated rings. The molecule has 1 N–H and O–H groups in total. The fourth-order valence-corrected chi connectivity index (χ4v) is 3.66. The van der Waals surface area contributed by atoms with E-state index in [9.17, 15) is 14.7 Å². The Morgan fingerprint density at radius 3 is 2.67 bits per heavy atom. The number of hydrogen-bond donors (Lipinski definition) is 1. The number of allylic oxidation sites excluding steroid dienone is 1. The van der Waals surface area contributed by atoms with Crippen molar-refractivity contribution in [1.29, 1.82) is 0 Å². The smallest absolute Gasteiger partial charge is 0.290 e. The van der Waals surface area contributed by atoms with Gasteiger partial charge in [0.15, 0.2) is 11.5 Å². The van der Waals surface area contributed by atoms with Gasteiger partial charge in [-0.2, -0.15) is 0 Å². The van der Waals surface area contributed by atoms with Gasteiger partial charge in [0, 0.05) is 6.54 Å². The molecule has 8 heteroatoms. The molecule has 1 aliphatic heterocycles. The lowest BCUT2D eigenvalue weighted by Gasteiger charge is -2.27. The van der Waals surface area contributed by atoms with E-state index in [0.717, 1.165) is 6.54 Å². The van der Waals surface area contributed by atoms with Gasteiger partial charge in [-0.1, -0.05) is 29.3 Å². The molecule has 0 bridgehead atoms. The highest BCUT2D eigenvalue weighted by molar-refractivity contribution is 6.42. The van der Waals surface area contributed by atoms with Crippen molar-refractivity contribution in [1.82, 2.24) is 9.80 Å². The van der Waals surface area contributed by atoms with Crippen LogP contribution in [0.15, 0.2) is 58.4 Å². The van der Waals surface area contributed by atoms with Crippen molar-refractivity contribution in [2.45, 2.75) is 12.5 Å². The molecule has 0 aliphatic carbocycles. The molecular weight excluding hydrogens is 427 g/mol. The van der Waals surface area contributed by atoms with E-state index in [1.807, 2.05) is 19.0 Å². The van der Waals surface area contributed by atoms with Crippen molar-refractivity contribution >= 4 is 41.0 Å². The van der Waals surface area contributed by atoms with E-state index in [1.54, 1.807) is 30.3 Å². The molecule has 1 aromatic heterocycles. The summed E-state index contributed by atoms with van der Waals surface area (Å²) in [6.45, 7) is 1.12. The van der Waals surface area contributed by atoms with Crippen LogP contribution in [0.25, 0.3) is 6.08 Å². The minimum Gasteiger partial charge on any atom is -0.503 e. The van der Waals surface area contributed by atoms with Gasteiger partial charge in [0.05, 0.1) is 27.9 Å². The summed E-state index contributed by atoms with van der Waals surface area (Å²) in [5.41, 5.74) is 0.604. The third kappa shape index (κ3) is 4.78. The average Bonchev–Trinajstić information content (AvgIpc) is 3.30. The Balaban J connectivity index is 1.97. The topological polar surface area (TPSA) is 74.0 Å². The lowest BCUT2D eigenvalue weighted by atomic mass is 9.95. The average molecular weight is 449 g/mol. The number of ketones is 1. The van der Waals surface area contributed by atoms with Gasteiger partial charge in [-0.25, -0.2) is 0 Å². The molecule has 30 heavy (non-hydrogen) atoms. The highest BCUT2D eigenvalue weighted by atomic mass is 35.5. The third-order valence-corrected chi connectivity index (χ3v) is 5.51. The van der Waals surface area contributed by atoms with Crippen LogP contribution in [0.5, 0.6) is 0 Å². The van der Waals surface area contributed by atoms with Crippen LogP contribution in [0.1, 0.15) is 23.8 Å².